The largest absolute Gasteiger partial charge is 0.504 e. The van der Waals surface area contributed by atoms with Crippen LogP contribution in [0.3, 0.4) is 0 Å². The normalized spacial score (nSPS) is 12.0. The predicted octanol–water partition coefficient (Wildman–Crippen LogP) is 9.49. The van der Waals surface area contributed by atoms with Gasteiger partial charge in [0.05, 0.1) is 12.2 Å². The minimum Gasteiger partial charge on any atom is -0.504 e. The Balaban J connectivity index is 1.39. The van der Waals surface area contributed by atoms with Crippen LogP contribution in [0.1, 0.15) is 93.4 Å². The molecule has 47 heavy (non-hydrogen) atoms. The molecule has 0 radical (unpaired) electrons. The molecule has 4 aromatic rings. The van der Waals surface area contributed by atoms with E-state index in [1.807, 2.05) is 38.1 Å². The van der Waals surface area contributed by atoms with Crippen LogP contribution in [0.2, 0.25) is 0 Å². The Morgan fingerprint density at radius 1 is 0.617 bits per heavy atom. The van der Waals surface area contributed by atoms with Crippen molar-refractivity contribution in [3.8, 4) is 45.7 Å². The van der Waals surface area contributed by atoms with E-state index in [9.17, 15) is 10.2 Å². The zero-order chi connectivity index (χ0) is 33.6. The van der Waals surface area contributed by atoms with Gasteiger partial charge in [-0.3, -0.25) is 0 Å². The van der Waals surface area contributed by atoms with E-state index in [4.69, 9.17) is 24.4 Å². The minimum atomic E-state index is -0.814. The summed E-state index contributed by atoms with van der Waals surface area (Å²) in [6.07, 6.45) is 11.9. The number of para-hydroxylation sites is 1. The lowest BCUT2D eigenvalue weighted by molar-refractivity contribution is 0.0105. The summed E-state index contributed by atoms with van der Waals surface area (Å²) in [5.41, 5.74) is 6.65. The molecule has 1 heterocycles. The van der Waals surface area contributed by atoms with E-state index in [1.165, 1.54) is 51.4 Å². The van der Waals surface area contributed by atoms with Crippen molar-refractivity contribution in [3.05, 3.63) is 76.9 Å². The lowest BCUT2D eigenvalue weighted by Crippen LogP contribution is -2.23. The number of ether oxygens (including phenoxy) is 2. The van der Waals surface area contributed by atoms with Gasteiger partial charge in [0.2, 0.25) is 0 Å². The first-order valence-electron chi connectivity index (χ1n) is 17.4. The second kappa shape index (κ2) is 18.5. The fourth-order valence-corrected chi connectivity index (χ4v) is 5.83. The molecule has 1 unspecified atom stereocenters. The lowest BCUT2D eigenvalue weighted by Gasteiger charge is -2.16. The summed E-state index contributed by atoms with van der Waals surface area (Å²) < 4.78 is 11.6. The van der Waals surface area contributed by atoms with Gasteiger partial charge in [-0.1, -0.05) is 118 Å². The second-order valence-electron chi connectivity index (χ2n) is 12.8. The first kappa shape index (κ1) is 36.0. The topological polar surface area (TPSA) is 97.6 Å². The number of hydrogen-bond acceptors (Lipinski definition) is 7. The molecule has 2 N–H and O–H groups in total. The quantitative estimate of drug-likeness (QED) is 0.0986. The van der Waals surface area contributed by atoms with Crippen molar-refractivity contribution in [1.29, 1.82) is 0 Å². The Morgan fingerprint density at radius 2 is 1.13 bits per heavy atom. The number of benzene rings is 3. The van der Waals surface area contributed by atoms with Crippen molar-refractivity contribution in [2.75, 3.05) is 19.8 Å². The number of unbranched alkanes of at least 4 members (excludes halogenated alkanes) is 9. The third-order valence-corrected chi connectivity index (χ3v) is 8.50. The molecule has 7 nitrogen and oxygen atoms in total. The fraction of sp³-hybridized carbons (Fsp3) is 0.475. The van der Waals surface area contributed by atoms with Gasteiger partial charge in [-0.25, -0.2) is 15.0 Å². The molecule has 1 aromatic heterocycles. The second-order valence-corrected chi connectivity index (χ2v) is 12.8. The van der Waals surface area contributed by atoms with Crippen molar-refractivity contribution in [1.82, 2.24) is 15.0 Å². The van der Waals surface area contributed by atoms with Crippen molar-refractivity contribution < 1.29 is 19.7 Å². The molecule has 3 aromatic carbocycles. The van der Waals surface area contributed by atoms with Crippen molar-refractivity contribution in [2.45, 2.75) is 105 Å². The Labute approximate surface area is 281 Å². The summed E-state index contributed by atoms with van der Waals surface area (Å²) in [7, 11) is 0. The minimum absolute atomic E-state index is 0.00608. The zero-order valence-electron chi connectivity index (χ0n) is 29.0. The van der Waals surface area contributed by atoms with Crippen LogP contribution in [0.25, 0.3) is 34.2 Å². The molecule has 4 rings (SSSR count). The SMILES string of the molecule is CCCCCCCCCCCCOCC(O)COc1cccc(-c2nc(-c3ccc(C)cc3C)nc(-c3ccc(C)cc3C)n2)c1O. The molecule has 0 aliphatic heterocycles. The number of aliphatic hydroxyl groups is 1. The Hall–Kier alpha value is -3.81. The molecule has 1 atom stereocenters. The van der Waals surface area contributed by atoms with E-state index in [2.05, 4.69) is 32.9 Å². The van der Waals surface area contributed by atoms with Gasteiger partial charge in [-0.2, -0.15) is 0 Å². The maximum atomic E-state index is 11.3. The van der Waals surface area contributed by atoms with E-state index in [0.717, 1.165) is 46.2 Å². The Morgan fingerprint density at radius 3 is 1.66 bits per heavy atom. The third-order valence-electron chi connectivity index (χ3n) is 8.50. The molecule has 0 saturated carbocycles. The summed E-state index contributed by atoms with van der Waals surface area (Å²) in [5, 5.41) is 21.8. The van der Waals surface area contributed by atoms with E-state index in [-0.39, 0.29) is 24.7 Å². The predicted molar refractivity (Wildman–Crippen MR) is 191 cm³/mol. The number of aryl methyl sites for hydroxylation is 4. The molecule has 0 bridgehead atoms. The number of aliphatic hydroxyl groups excluding tert-OH is 1. The third kappa shape index (κ3) is 10.9. The number of aromatic nitrogens is 3. The van der Waals surface area contributed by atoms with Crippen LogP contribution in [0.15, 0.2) is 54.6 Å². The summed E-state index contributed by atoms with van der Waals surface area (Å²) in [5.74, 6) is 1.56. The Bertz CT molecular complexity index is 1500. The van der Waals surface area contributed by atoms with Gasteiger partial charge in [0.15, 0.2) is 29.0 Å². The van der Waals surface area contributed by atoms with Gasteiger partial charge in [-0.05, 0) is 57.4 Å². The highest BCUT2D eigenvalue weighted by Gasteiger charge is 2.19. The van der Waals surface area contributed by atoms with Crippen LogP contribution in [0.5, 0.6) is 11.5 Å². The maximum absolute atomic E-state index is 11.3. The van der Waals surface area contributed by atoms with Gasteiger partial charge in [0.25, 0.3) is 0 Å². The highest BCUT2D eigenvalue weighted by molar-refractivity contribution is 5.73. The van der Waals surface area contributed by atoms with Gasteiger partial charge in [0.1, 0.15) is 12.7 Å². The summed E-state index contributed by atoms with van der Waals surface area (Å²) in [6, 6.07) is 17.6. The van der Waals surface area contributed by atoms with E-state index in [0.29, 0.717) is 29.6 Å². The molecule has 0 aliphatic rings. The van der Waals surface area contributed by atoms with E-state index in [1.54, 1.807) is 18.2 Å². The Kier molecular flexibility index (Phi) is 14.2. The maximum Gasteiger partial charge on any atom is 0.168 e. The van der Waals surface area contributed by atoms with E-state index < -0.39 is 6.10 Å². The van der Waals surface area contributed by atoms with E-state index >= 15 is 0 Å². The average molecular weight is 640 g/mol. The van der Waals surface area contributed by atoms with Crippen LogP contribution < -0.4 is 4.74 Å². The fourth-order valence-electron chi connectivity index (χ4n) is 5.83. The van der Waals surface area contributed by atoms with Crippen LogP contribution in [-0.4, -0.2) is 51.1 Å². The van der Waals surface area contributed by atoms with Gasteiger partial charge < -0.3 is 19.7 Å². The van der Waals surface area contributed by atoms with Gasteiger partial charge >= 0.3 is 0 Å². The summed E-state index contributed by atoms with van der Waals surface area (Å²) in [4.78, 5) is 14.5. The number of nitrogens with zero attached hydrogens (tertiary/aromatic N) is 3. The van der Waals surface area contributed by atoms with Crippen LogP contribution in [0.4, 0.5) is 0 Å². The molecule has 0 saturated heterocycles. The molecule has 0 fully saturated rings. The molecular formula is C40H53N3O4. The lowest BCUT2D eigenvalue weighted by atomic mass is 10.0. The smallest absolute Gasteiger partial charge is 0.168 e. The average Bonchev–Trinajstić information content (AvgIpc) is 3.04. The molecule has 0 spiro atoms. The first-order valence-corrected chi connectivity index (χ1v) is 17.4. The number of hydrogen-bond donors (Lipinski definition) is 2. The highest BCUT2D eigenvalue weighted by atomic mass is 16.5. The van der Waals surface area contributed by atoms with Crippen LogP contribution >= 0.6 is 0 Å². The van der Waals surface area contributed by atoms with Crippen LogP contribution in [-0.2, 0) is 4.74 Å². The monoisotopic (exact) mass is 639 g/mol. The van der Waals surface area contributed by atoms with Crippen LogP contribution in [0, 0.1) is 27.7 Å². The standard InChI is InChI=1S/C40H53N3O4/c1-6-7-8-9-10-11-12-13-14-15-23-46-26-32(44)27-47-36-18-16-17-35(37(36)45)40-42-38(33-21-19-28(2)24-30(33)4)41-39(43-40)34-22-20-29(3)25-31(34)5/h16-22,24-25,32,44-45H,6-15,23,26-27H2,1-5H3. The van der Waals surface area contributed by atoms with Crippen molar-refractivity contribution >= 4 is 0 Å². The molecular weight excluding hydrogens is 586 g/mol. The first-order chi connectivity index (χ1) is 22.8. The molecule has 0 aliphatic carbocycles. The summed E-state index contributed by atoms with van der Waals surface area (Å²) >= 11 is 0. The number of aromatic hydroxyl groups is 1. The highest BCUT2D eigenvalue weighted by Crippen LogP contribution is 2.37. The van der Waals surface area contributed by atoms with Crippen molar-refractivity contribution in [3.63, 3.8) is 0 Å². The molecule has 7 heteroatoms. The van der Waals surface area contributed by atoms with Gasteiger partial charge in [-0.15, -0.1) is 0 Å². The molecule has 0 amide bonds. The zero-order valence-corrected chi connectivity index (χ0v) is 29.0. The van der Waals surface area contributed by atoms with Gasteiger partial charge in [0, 0.05) is 17.7 Å². The summed E-state index contributed by atoms with van der Waals surface area (Å²) in [6.45, 7) is 11.3. The molecule has 252 valence electrons. The number of phenols is 1. The van der Waals surface area contributed by atoms with Crippen molar-refractivity contribution in [2.24, 2.45) is 0 Å². The number of phenolic OH excluding ortho intramolecular Hbond substituents is 1. The number of rotatable bonds is 19.